The van der Waals surface area contributed by atoms with Gasteiger partial charge in [0.15, 0.2) is 11.6 Å². The van der Waals surface area contributed by atoms with Crippen LogP contribution in [0.4, 0.5) is 15.8 Å². The van der Waals surface area contributed by atoms with E-state index in [4.69, 9.17) is 9.47 Å². The van der Waals surface area contributed by atoms with Gasteiger partial charge in [0, 0.05) is 41.2 Å². The van der Waals surface area contributed by atoms with Crippen LogP contribution in [0.2, 0.25) is 0 Å². The lowest BCUT2D eigenvalue weighted by Gasteiger charge is -2.26. The maximum Gasteiger partial charge on any atom is 0.316 e. The molecular formula is C43H43FN6O7. The van der Waals surface area contributed by atoms with Crippen LogP contribution >= 0.6 is 0 Å². The molecule has 0 aliphatic heterocycles. The second-order valence-corrected chi connectivity index (χ2v) is 13.1. The van der Waals surface area contributed by atoms with E-state index in [-0.39, 0.29) is 40.6 Å². The van der Waals surface area contributed by atoms with Crippen LogP contribution in [0.1, 0.15) is 55.4 Å². The normalized spacial score (nSPS) is 12.1. The number of Topliss-reactive ketones (excluding diaryl/α,β-unsaturated/α-hetero) is 3. The molecule has 2 heterocycles. The van der Waals surface area contributed by atoms with Crippen LogP contribution in [-0.4, -0.2) is 63.3 Å². The molecule has 0 aliphatic carbocycles. The minimum atomic E-state index is -1.39. The maximum absolute atomic E-state index is 13.6. The number of nitrogens with zero attached hydrogens (tertiary/aromatic N) is 4. The zero-order valence-corrected chi connectivity index (χ0v) is 32.3. The predicted octanol–water partition coefficient (Wildman–Crippen LogP) is 6.80. The van der Waals surface area contributed by atoms with E-state index >= 15 is 0 Å². The van der Waals surface area contributed by atoms with Crippen molar-refractivity contribution in [2.75, 3.05) is 24.9 Å². The first-order chi connectivity index (χ1) is 27.3. The van der Waals surface area contributed by atoms with Crippen molar-refractivity contribution in [1.82, 2.24) is 19.9 Å². The zero-order chi connectivity index (χ0) is 41.5. The average molecular weight is 775 g/mol. The van der Waals surface area contributed by atoms with Crippen LogP contribution in [0.5, 0.6) is 12.0 Å². The summed E-state index contributed by atoms with van der Waals surface area (Å²) in [6.07, 6.45) is 4.34. The fraction of sp³-hybridized carbons (Fsp3) is 0.233. The number of rotatable bonds is 15. The van der Waals surface area contributed by atoms with Crippen molar-refractivity contribution < 1.29 is 37.8 Å². The first-order valence-electron chi connectivity index (χ1n) is 17.9. The SMILES string of the molecule is COc1nccc(/C=C(\C(=O)Nc2ccccc2)C(=O)C(C)C)n1.COc1nccc(C(C(=O)c2ccc(F)cc2)C(C(=O)Nc2ccccc2)C(=O)C(C)C)n1. The molecule has 2 unspecified atom stereocenters. The highest BCUT2D eigenvalue weighted by atomic mass is 19.1. The smallest absolute Gasteiger partial charge is 0.316 e. The largest absolute Gasteiger partial charge is 0.467 e. The van der Waals surface area contributed by atoms with E-state index in [0.717, 1.165) is 12.1 Å². The number of benzene rings is 3. The number of nitrogens with one attached hydrogen (secondary N) is 2. The Balaban J connectivity index is 0.000000266. The molecule has 294 valence electrons. The molecule has 14 heteroatoms. The third-order valence-electron chi connectivity index (χ3n) is 8.30. The molecule has 57 heavy (non-hydrogen) atoms. The number of aromatic nitrogens is 4. The second-order valence-electron chi connectivity index (χ2n) is 13.1. The number of halogens is 1. The lowest BCUT2D eigenvalue weighted by molar-refractivity contribution is -0.134. The summed E-state index contributed by atoms with van der Waals surface area (Å²) in [6.45, 7) is 6.80. The van der Waals surface area contributed by atoms with Crippen molar-refractivity contribution in [2.45, 2.75) is 33.6 Å². The fourth-order valence-corrected chi connectivity index (χ4v) is 5.38. The van der Waals surface area contributed by atoms with Crippen molar-refractivity contribution in [2.24, 2.45) is 17.8 Å². The number of anilines is 2. The summed E-state index contributed by atoms with van der Waals surface area (Å²) < 4.78 is 23.5. The van der Waals surface area contributed by atoms with Gasteiger partial charge in [0.05, 0.1) is 37.1 Å². The molecule has 3 aromatic carbocycles. The third kappa shape index (κ3) is 12.0. The summed E-state index contributed by atoms with van der Waals surface area (Å²) in [5.74, 6) is -6.38. The highest BCUT2D eigenvalue weighted by Gasteiger charge is 2.42. The molecular weight excluding hydrogens is 732 g/mol. The summed E-state index contributed by atoms with van der Waals surface area (Å²) in [7, 11) is 2.82. The average Bonchev–Trinajstić information content (AvgIpc) is 3.22. The van der Waals surface area contributed by atoms with Gasteiger partial charge in [-0.25, -0.2) is 14.4 Å². The molecule has 5 rings (SSSR count). The highest BCUT2D eigenvalue weighted by molar-refractivity contribution is 6.26. The predicted molar refractivity (Wildman–Crippen MR) is 212 cm³/mol. The van der Waals surface area contributed by atoms with Crippen LogP contribution in [-0.2, 0) is 19.2 Å². The summed E-state index contributed by atoms with van der Waals surface area (Å²) in [5.41, 5.74) is 1.86. The summed E-state index contributed by atoms with van der Waals surface area (Å²) in [5, 5.41) is 5.45. The van der Waals surface area contributed by atoms with Gasteiger partial charge in [-0.2, -0.15) is 9.97 Å². The highest BCUT2D eigenvalue weighted by Crippen LogP contribution is 2.32. The Bertz CT molecular complexity index is 2200. The van der Waals surface area contributed by atoms with Crippen LogP contribution in [0.3, 0.4) is 0 Å². The number of para-hydroxylation sites is 2. The van der Waals surface area contributed by atoms with Gasteiger partial charge in [0.2, 0.25) is 5.91 Å². The summed E-state index contributed by atoms with van der Waals surface area (Å²) in [6, 6.07) is 25.7. The molecule has 0 fully saturated rings. The molecule has 0 saturated carbocycles. The Hall–Kier alpha value is -6.96. The topological polar surface area (TPSA) is 179 Å². The van der Waals surface area contributed by atoms with E-state index in [1.807, 2.05) is 6.07 Å². The van der Waals surface area contributed by atoms with Crippen molar-refractivity contribution in [3.05, 3.63) is 138 Å². The van der Waals surface area contributed by atoms with E-state index in [1.54, 1.807) is 88.4 Å². The number of hydrogen-bond donors (Lipinski definition) is 2. The zero-order valence-electron chi connectivity index (χ0n) is 32.3. The second kappa shape index (κ2) is 20.6. The van der Waals surface area contributed by atoms with E-state index in [2.05, 4.69) is 30.6 Å². The van der Waals surface area contributed by atoms with Crippen LogP contribution in [0.15, 0.2) is 115 Å². The van der Waals surface area contributed by atoms with Crippen LogP contribution in [0.25, 0.3) is 6.08 Å². The lowest BCUT2D eigenvalue weighted by Crippen LogP contribution is -2.40. The third-order valence-corrected chi connectivity index (χ3v) is 8.30. The monoisotopic (exact) mass is 774 g/mol. The van der Waals surface area contributed by atoms with Crippen molar-refractivity contribution in [3.63, 3.8) is 0 Å². The van der Waals surface area contributed by atoms with Crippen molar-refractivity contribution in [3.8, 4) is 12.0 Å². The van der Waals surface area contributed by atoms with Gasteiger partial charge >= 0.3 is 12.0 Å². The molecule has 2 N–H and O–H groups in total. The number of hydrogen-bond acceptors (Lipinski definition) is 11. The number of carbonyl (C=O) groups is 5. The molecule has 2 amide bonds. The summed E-state index contributed by atoms with van der Waals surface area (Å²) >= 11 is 0. The first kappa shape index (κ1) is 42.8. The molecule has 0 spiro atoms. The molecule has 0 saturated heterocycles. The van der Waals surface area contributed by atoms with Gasteiger partial charge in [0.25, 0.3) is 5.91 Å². The van der Waals surface area contributed by atoms with Crippen molar-refractivity contribution in [1.29, 1.82) is 0 Å². The Morgan fingerprint density at radius 1 is 0.667 bits per heavy atom. The molecule has 5 aromatic rings. The molecule has 0 aliphatic rings. The van der Waals surface area contributed by atoms with Crippen LogP contribution in [0, 0.1) is 23.6 Å². The number of ketones is 3. The minimum absolute atomic E-state index is 0.0105. The van der Waals surface area contributed by atoms with E-state index in [0.29, 0.717) is 17.1 Å². The van der Waals surface area contributed by atoms with E-state index in [9.17, 15) is 28.4 Å². The number of amides is 2. The number of ether oxygens (including phenoxy) is 2. The molecule has 13 nitrogen and oxygen atoms in total. The molecule has 0 bridgehead atoms. The quantitative estimate of drug-likeness (QED) is 0.0494. The molecule has 0 radical (unpaired) electrons. The molecule has 2 atom stereocenters. The fourth-order valence-electron chi connectivity index (χ4n) is 5.38. The molecule has 2 aromatic heterocycles. The van der Waals surface area contributed by atoms with Crippen molar-refractivity contribution >= 4 is 46.6 Å². The summed E-state index contributed by atoms with van der Waals surface area (Å²) in [4.78, 5) is 81.5. The van der Waals surface area contributed by atoms with Gasteiger partial charge in [-0.3, -0.25) is 24.0 Å². The van der Waals surface area contributed by atoms with Gasteiger partial charge in [-0.1, -0.05) is 64.1 Å². The van der Waals surface area contributed by atoms with Gasteiger partial charge < -0.3 is 20.1 Å². The lowest BCUT2D eigenvalue weighted by atomic mass is 9.77. The van der Waals surface area contributed by atoms with Gasteiger partial charge in [0.1, 0.15) is 17.5 Å². The van der Waals surface area contributed by atoms with Gasteiger partial charge in [-0.15, -0.1) is 0 Å². The first-order valence-corrected chi connectivity index (χ1v) is 17.9. The van der Waals surface area contributed by atoms with Gasteiger partial charge in [-0.05, 0) is 66.7 Å². The van der Waals surface area contributed by atoms with Crippen LogP contribution < -0.4 is 20.1 Å². The number of methoxy groups -OCH3 is 2. The Morgan fingerprint density at radius 3 is 1.75 bits per heavy atom. The Kier molecular flexibility index (Phi) is 15.5. The maximum atomic E-state index is 13.6. The number of carbonyl (C=O) groups excluding carboxylic acids is 5. The van der Waals surface area contributed by atoms with E-state index < -0.39 is 47.0 Å². The minimum Gasteiger partial charge on any atom is -0.467 e. The standard InChI is InChI=1S/C25H24FN3O4.C18H19N3O3/c1-15(2)22(30)21(24(32)28-18-7-5-4-6-8-18)20(19-13-14-27-25(29-19)33-3)23(31)16-9-11-17(26)12-10-16;1-12(2)16(22)15(11-14-9-10-19-18(21-14)24-3)17(23)20-13-7-5-4-6-8-13/h4-15,20-21H,1-3H3,(H,28,32);4-12H,1-3H3,(H,20,23)/b;15-11-. The van der Waals surface area contributed by atoms with E-state index in [1.165, 1.54) is 50.9 Å². The Labute approximate surface area is 329 Å². The Morgan fingerprint density at radius 2 is 1.21 bits per heavy atom.